The van der Waals surface area contributed by atoms with Gasteiger partial charge < -0.3 is 31.7 Å². The van der Waals surface area contributed by atoms with Crippen molar-refractivity contribution >= 4 is 35.5 Å². The molecule has 10 nitrogen and oxygen atoms in total. The summed E-state index contributed by atoms with van der Waals surface area (Å²) in [6, 6.07) is -1.91. The number of nitrogens with one attached hydrogen (secondary N) is 2. The van der Waals surface area contributed by atoms with E-state index in [9.17, 15) is 29.4 Å². The molecule has 0 aromatic rings. The van der Waals surface area contributed by atoms with Gasteiger partial charge in [-0.15, -0.1) is 11.8 Å². The van der Waals surface area contributed by atoms with Crippen LogP contribution in [0.3, 0.4) is 0 Å². The van der Waals surface area contributed by atoms with Crippen molar-refractivity contribution in [3.05, 3.63) is 11.6 Å². The van der Waals surface area contributed by atoms with E-state index < -0.39 is 48.0 Å². The fourth-order valence-electron chi connectivity index (χ4n) is 2.69. The van der Waals surface area contributed by atoms with Crippen LogP contribution in [0.2, 0.25) is 0 Å². The van der Waals surface area contributed by atoms with Crippen molar-refractivity contribution < 1.29 is 34.5 Å². The molecule has 0 heterocycles. The lowest BCUT2D eigenvalue weighted by Gasteiger charge is -2.31. The summed E-state index contributed by atoms with van der Waals surface area (Å²) in [6.07, 6.45) is -1.10. The second kappa shape index (κ2) is 11.0. The zero-order chi connectivity index (χ0) is 21.4. The minimum Gasteiger partial charge on any atom is -0.481 e. The monoisotopic (exact) mass is 417 g/mol. The summed E-state index contributed by atoms with van der Waals surface area (Å²) >= 11 is 0.877. The van der Waals surface area contributed by atoms with E-state index in [-0.39, 0.29) is 29.4 Å². The van der Waals surface area contributed by atoms with E-state index in [0.29, 0.717) is 6.42 Å². The van der Waals surface area contributed by atoms with Crippen LogP contribution in [0, 0.1) is 5.92 Å². The van der Waals surface area contributed by atoms with E-state index in [1.165, 1.54) is 6.08 Å². The van der Waals surface area contributed by atoms with E-state index >= 15 is 0 Å². The molecule has 1 aliphatic rings. The first-order chi connectivity index (χ1) is 13.0. The summed E-state index contributed by atoms with van der Waals surface area (Å²) in [4.78, 5) is 46.4. The Morgan fingerprint density at radius 1 is 1.25 bits per heavy atom. The van der Waals surface area contributed by atoms with Gasteiger partial charge in [0, 0.05) is 12.0 Å². The van der Waals surface area contributed by atoms with Crippen LogP contribution in [0.1, 0.15) is 26.7 Å². The van der Waals surface area contributed by atoms with Gasteiger partial charge in [-0.05, 0) is 12.3 Å². The van der Waals surface area contributed by atoms with Crippen LogP contribution in [0.25, 0.3) is 0 Å². The molecule has 0 spiro atoms. The molecule has 0 fully saturated rings. The van der Waals surface area contributed by atoms with Crippen molar-refractivity contribution in [3.63, 3.8) is 0 Å². The first-order valence-electron chi connectivity index (χ1n) is 8.77. The zero-order valence-corrected chi connectivity index (χ0v) is 16.6. The molecule has 158 valence electrons. The fraction of sp³-hybridized carbons (Fsp3) is 0.647. The molecule has 28 heavy (non-hydrogen) atoms. The highest BCUT2D eigenvalue weighted by Crippen LogP contribution is 2.20. The number of aliphatic hydroxyl groups is 2. The molecule has 0 aromatic heterocycles. The molecule has 0 saturated carbocycles. The number of nitrogens with two attached hydrogens (primary N) is 1. The minimum atomic E-state index is -1.33. The minimum absolute atomic E-state index is 0.108. The van der Waals surface area contributed by atoms with Gasteiger partial charge in [0.15, 0.2) is 0 Å². The number of carboxylic acids is 1. The van der Waals surface area contributed by atoms with Crippen LogP contribution in [0.5, 0.6) is 0 Å². The average Bonchev–Trinajstić information content (AvgIpc) is 2.57. The van der Waals surface area contributed by atoms with Crippen LogP contribution in [0.4, 0.5) is 0 Å². The lowest BCUT2D eigenvalue weighted by molar-refractivity contribution is -0.134. The summed E-state index contributed by atoms with van der Waals surface area (Å²) in [5.41, 5.74) is 5.42. The highest BCUT2D eigenvalue weighted by molar-refractivity contribution is 8.00. The van der Waals surface area contributed by atoms with Gasteiger partial charge in [-0.1, -0.05) is 19.9 Å². The molecule has 0 bridgehead atoms. The predicted octanol–water partition coefficient (Wildman–Crippen LogP) is -1.64. The van der Waals surface area contributed by atoms with E-state index in [0.717, 1.165) is 11.8 Å². The molecule has 0 aromatic carbocycles. The van der Waals surface area contributed by atoms with Gasteiger partial charge >= 0.3 is 5.97 Å². The van der Waals surface area contributed by atoms with Crippen molar-refractivity contribution in [2.75, 3.05) is 11.5 Å². The first-order valence-corrected chi connectivity index (χ1v) is 9.92. The van der Waals surface area contributed by atoms with Crippen molar-refractivity contribution in [2.24, 2.45) is 11.7 Å². The first kappa shape index (κ1) is 23.9. The topological polar surface area (TPSA) is 179 Å². The fourth-order valence-corrected chi connectivity index (χ4v) is 3.24. The Labute approximate surface area is 166 Å². The number of primary amides is 1. The molecule has 3 amide bonds. The number of amides is 3. The summed E-state index contributed by atoms with van der Waals surface area (Å²) < 4.78 is 0. The predicted molar refractivity (Wildman–Crippen MR) is 102 cm³/mol. The SMILES string of the molecule is CC(C)CC(NC(=O)C1=CC(NC(=O)CSCC(=O)O)C(O)C(O)C1)C(N)=O. The number of aliphatic carboxylic acids is 1. The van der Waals surface area contributed by atoms with Crippen LogP contribution >= 0.6 is 11.8 Å². The smallest absolute Gasteiger partial charge is 0.313 e. The Kier molecular flexibility index (Phi) is 9.42. The molecule has 0 aliphatic heterocycles. The maximum absolute atomic E-state index is 12.5. The third-order valence-corrected chi connectivity index (χ3v) is 4.92. The third kappa shape index (κ3) is 7.87. The second-order valence-corrected chi connectivity index (χ2v) is 7.98. The third-order valence-electron chi connectivity index (χ3n) is 4.01. The van der Waals surface area contributed by atoms with Gasteiger partial charge in [-0.3, -0.25) is 19.2 Å². The molecule has 1 aliphatic carbocycles. The molecular weight excluding hydrogens is 390 g/mol. The molecule has 0 saturated heterocycles. The van der Waals surface area contributed by atoms with Gasteiger partial charge in [0.25, 0.3) is 0 Å². The Balaban J connectivity index is 2.80. The van der Waals surface area contributed by atoms with Gasteiger partial charge in [-0.2, -0.15) is 0 Å². The molecule has 4 unspecified atom stereocenters. The van der Waals surface area contributed by atoms with Gasteiger partial charge in [0.2, 0.25) is 17.7 Å². The average molecular weight is 417 g/mol. The number of rotatable bonds is 10. The summed E-state index contributed by atoms with van der Waals surface area (Å²) in [5.74, 6) is -3.20. The number of thioether (sulfide) groups is 1. The second-order valence-electron chi connectivity index (χ2n) is 6.99. The Morgan fingerprint density at radius 2 is 1.89 bits per heavy atom. The summed E-state index contributed by atoms with van der Waals surface area (Å²) in [6.45, 7) is 3.74. The number of carbonyl (C=O) groups is 4. The maximum Gasteiger partial charge on any atom is 0.313 e. The van der Waals surface area contributed by atoms with Gasteiger partial charge in [0.05, 0.1) is 23.7 Å². The molecule has 7 N–H and O–H groups in total. The lowest BCUT2D eigenvalue weighted by Crippen LogP contribution is -2.52. The molecular formula is C17H27N3O7S. The van der Waals surface area contributed by atoms with Crippen molar-refractivity contribution in [1.29, 1.82) is 0 Å². The number of carbonyl (C=O) groups excluding carboxylic acids is 3. The number of carboxylic acid groups (broad SMARTS) is 1. The normalized spacial score (nSPS) is 22.9. The van der Waals surface area contributed by atoms with Crippen LogP contribution in [-0.4, -0.2) is 74.8 Å². The maximum atomic E-state index is 12.5. The number of hydrogen-bond acceptors (Lipinski definition) is 7. The van der Waals surface area contributed by atoms with Gasteiger partial charge in [0.1, 0.15) is 12.1 Å². The highest BCUT2D eigenvalue weighted by atomic mass is 32.2. The van der Waals surface area contributed by atoms with E-state index in [1.54, 1.807) is 0 Å². The highest BCUT2D eigenvalue weighted by Gasteiger charge is 2.34. The van der Waals surface area contributed by atoms with Crippen molar-refractivity contribution in [1.82, 2.24) is 10.6 Å². The lowest BCUT2D eigenvalue weighted by atomic mass is 9.89. The summed E-state index contributed by atoms with van der Waals surface area (Å²) in [7, 11) is 0. The van der Waals surface area contributed by atoms with Crippen molar-refractivity contribution in [2.45, 2.75) is 51.0 Å². The number of hydrogen-bond donors (Lipinski definition) is 6. The standard InChI is InChI=1S/C17H27N3O7S/c1-8(2)3-11(16(18)26)20-17(27)9-4-10(15(25)12(21)5-9)19-13(22)6-28-7-14(23)24/h4,8,10-12,15,21,25H,3,5-7H2,1-2H3,(H2,18,26)(H,19,22)(H,20,27)(H,23,24). The largest absolute Gasteiger partial charge is 0.481 e. The molecule has 0 radical (unpaired) electrons. The molecule has 4 atom stereocenters. The molecule has 11 heteroatoms. The van der Waals surface area contributed by atoms with Crippen LogP contribution < -0.4 is 16.4 Å². The Hall–Kier alpha value is -2.11. The zero-order valence-electron chi connectivity index (χ0n) is 15.8. The van der Waals surface area contributed by atoms with Crippen LogP contribution in [0.15, 0.2) is 11.6 Å². The van der Waals surface area contributed by atoms with Crippen molar-refractivity contribution in [3.8, 4) is 0 Å². The van der Waals surface area contributed by atoms with E-state index in [1.807, 2.05) is 13.8 Å². The summed E-state index contributed by atoms with van der Waals surface area (Å²) in [5, 5.41) is 33.6. The Bertz CT molecular complexity index is 638. The van der Waals surface area contributed by atoms with E-state index in [4.69, 9.17) is 10.8 Å². The van der Waals surface area contributed by atoms with Gasteiger partial charge in [-0.25, -0.2) is 0 Å². The quantitative estimate of drug-likeness (QED) is 0.245. The Morgan fingerprint density at radius 3 is 2.43 bits per heavy atom. The number of aliphatic hydroxyl groups excluding tert-OH is 2. The molecule has 1 rings (SSSR count). The van der Waals surface area contributed by atoms with Crippen LogP contribution in [-0.2, 0) is 19.2 Å². The van der Waals surface area contributed by atoms with E-state index in [2.05, 4.69) is 10.6 Å².